The summed E-state index contributed by atoms with van der Waals surface area (Å²) in [5, 5.41) is 13.0. The van der Waals surface area contributed by atoms with Crippen molar-refractivity contribution in [2.24, 2.45) is 0 Å². The maximum absolute atomic E-state index is 12.5. The Bertz CT molecular complexity index is 1130. The number of carbonyl (C=O) groups excluding carboxylic acids is 1. The minimum absolute atomic E-state index is 0.117. The molecule has 168 valence electrons. The van der Waals surface area contributed by atoms with Crippen LogP contribution in [-0.2, 0) is 11.3 Å². The van der Waals surface area contributed by atoms with E-state index in [2.05, 4.69) is 22.1 Å². The number of aryl methyl sites for hydroxylation is 2. The first-order valence-corrected chi connectivity index (χ1v) is 11.7. The Morgan fingerprint density at radius 3 is 2.72 bits per heavy atom. The van der Waals surface area contributed by atoms with Crippen molar-refractivity contribution in [2.45, 2.75) is 38.6 Å². The number of ether oxygens (including phenoxy) is 1. The molecule has 0 spiro atoms. The molecule has 0 bridgehead atoms. The highest BCUT2D eigenvalue weighted by Gasteiger charge is 2.20. The van der Waals surface area contributed by atoms with Gasteiger partial charge in [0.2, 0.25) is 5.91 Å². The van der Waals surface area contributed by atoms with E-state index < -0.39 is 6.10 Å². The molecule has 32 heavy (non-hydrogen) atoms. The molecule has 1 N–H and O–H groups in total. The third-order valence-corrected chi connectivity index (χ3v) is 6.10. The van der Waals surface area contributed by atoms with Gasteiger partial charge in [0, 0.05) is 17.3 Å². The monoisotopic (exact) mass is 490 g/mol. The number of benzene rings is 2. The molecule has 0 saturated heterocycles. The second-order valence-corrected chi connectivity index (χ2v) is 9.02. The molecule has 1 heterocycles. The van der Waals surface area contributed by atoms with Crippen LogP contribution in [0, 0.1) is 13.8 Å². The lowest BCUT2D eigenvalue weighted by molar-refractivity contribution is -0.113. The van der Waals surface area contributed by atoms with Gasteiger partial charge in [-0.2, -0.15) is 0 Å². The Hall–Kier alpha value is -2.48. The fourth-order valence-corrected chi connectivity index (χ4v) is 4.30. The van der Waals surface area contributed by atoms with Gasteiger partial charge in [-0.3, -0.25) is 9.36 Å². The molecule has 0 fully saturated rings. The van der Waals surface area contributed by atoms with Crippen LogP contribution in [0.25, 0.3) is 0 Å². The minimum atomic E-state index is -0.431. The largest absolute Gasteiger partial charge is 0.481 e. The smallest absolute Gasteiger partial charge is 0.234 e. The van der Waals surface area contributed by atoms with Crippen LogP contribution in [0.2, 0.25) is 10.0 Å². The summed E-state index contributed by atoms with van der Waals surface area (Å²) in [4.78, 5) is 12.5. The third kappa shape index (κ3) is 6.06. The molecular weight excluding hydrogens is 467 g/mol. The van der Waals surface area contributed by atoms with Crippen LogP contribution in [0.5, 0.6) is 5.75 Å². The molecule has 9 heteroatoms. The molecule has 0 aliphatic heterocycles. The number of nitrogens with one attached hydrogen (secondary N) is 1. The fourth-order valence-electron chi connectivity index (χ4n) is 3.09. The van der Waals surface area contributed by atoms with Gasteiger partial charge in [0.15, 0.2) is 17.1 Å². The van der Waals surface area contributed by atoms with Crippen molar-refractivity contribution in [1.29, 1.82) is 0 Å². The lowest BCUT2D eigenvalue weighted by Crippen LogP contribution is -2.16. The zero-order valence-corrected chi connectivity index (χ0v) is 20.4. The van der Waals surface area contributed by atoms with Gasteiger partial charge in [0.25, 0.3) is 0 Å². The summed E-state index contributed by atoms with van der Waals surface area (Å²) in [7, 11) is 0. The van der Waals surface area contributed by atoms with Crippen molar-refractivity contribution < 1.29 is 9.53 Å². The molecule has 1 unspecified atom stereocenters. The number of carbonyl (C=O) groups is 1. The molecule has 3 rings (SSSR count). The molecule has 0 aliphatic carbocycles. The summed E-state index contributed by atoms with van der Waals surface area (Å²) in [6.45, 7) is 10.1. The van der Waals surface area contributed by atoms with Crippen LogP contribution in [0.15, 0.2) is 54.2 Å². The number of thioether (sulfide) groups is 1. The van der Waals surface area contributed by atoms with E-state index in [0.29, 0.717) is 33.3 Å². The predicted molar refractivity (Wildman–Crippen MR) is 131 cm³/mol. The molecule has 1 aromatic heterocycles. The van der Waals surface area contributed by atoms with Gasteiger partial charge in [-0.05, 0) is 50.6 Å². The molecule has 0 aliphatic rings. The first kappa shape index (κ1) is 24.2. The predicted octanol–water partition coefficient (Wildman–Crippen LogP) is 6.26. The second-order valence-electron chi connectivity index (χ2n) is 7.23. The molecule has 2 aromatic carbocycles. The third-order valence-electron chi connectivity index (χ3n) is 4.61. The highest BCUT2D eigenvalue weighted by atomic mass is 35.5. The van der Waals surface area contributed by atoms with Gasteiger partial charge in [-0.1, -0.05) is 58.7 Å². The lowest BCUT2D eigenvalue weighted by atomic mass is 10.1. The van der Waals surface area contributed by atoms with Crippen LogP contribution in [-0.4, -0.2) is 26.4 Å². The average Bonchev–Trinajstić information content (AvgIpc) is 3.13. The van der Waals surface area contributed by atoms with E-state index in [1.54, 1.807) is 24.3 Å². The number of aromatic nitrogens is 3. The number of hydrogen-bond donors (Lipinski definition) is 1. The number of rotatable bonds is 9. The van der Waals surface area contributed by atoms with E-state index in [0.717, 1.165) is 16.8 Å². The molecular formula is C23H24Cl2N4O2S. The summed E-state index contributed by atoms with van der Waals surface area (Å²) >= 11 is 13.5. The van der Waals surface area contributed by atoms with Gasteiger partial charge in [0.1, 0.15) is 5.75 Å². The van der Waals surface area contributed by atoms with Crippen LogP contribution < -0.4 is 10.1 Å². The quantitative estimate of drug-likeness (QED) is 0.283. The molecule has 0 radical (unpaired) electrons. The Labute approximate surface area is 202 Å². The van der Waals surface area contributed by atoms with Crippen molar-refractivity contribution in [3.05, 3.63) is 76.0 Å². The van der Waals surface area contributed by atoms with Crippen LogP contribution in [0.4, 0.5) is 5.69 Å². The molecule has 1 atom stereocenters. The van der Waals surface area contributed by atoms with E-state index in [4.69, 9.17) is 27.9 Å². The Morgan fingerprint density at radius 2 is 2.03 bits per heavy atom. The summed E-state index contributed by atoms with van der Waals surface area (Å²) in [6.07, 6.45) is 1.31. The Morgan fingerprint density at radius 1 is 1.25 bits per heavy atom. The highest BCUT2D eigenvalue weighted by molar-refractivity contribution is 7.99. The summed E-state index contributed by atoms with van der Waals surface area (Å²) < 4.78 is 7.85. The van der Waals surface area contributed by atoms with Gasteiger partial charge in [-0.25, -0.2) is 0 Å². The zero-order chi connectivity index (χ0) is 23.3. The first-order valence-electron chi connectivity index (χ1n) is 9.94. The fraction of sp³-hybridized carbons (Fsp3) is 0.261. The molecule has 0 saturated carbocycles. The van der Waals surface area contributed by atoms with Crippen LogP contribution >= 0.6 is 35.0 Å². The average molecular weight is 491 g/mol. The topological polar surface area (TPSA) is 69.0 Å². The van der Waals surface area contributed by atoms with Crippen molar-refractivity contribution in [1.82, 2.24) is 14.8 Å². The number of anilines is 1. The van der Waals surface area contributed by atoms with Gasteiger partial charge >= 0.3 is 0 Å². The summed E-state index contributed by atoms with van der Waals surface area (Å²) in [5.41, 5.74) is 2.97. The maximum Gasteiger partial charge on any atom is 0.234 e. The Kier molecular flexibility index (Phi) is 8.23. The standard InChI is InChI=1S/C23H24Cl2N4O2S/c1-5-10-29-22(16(4)31-20-9-7-17(24)12-18(20)25)27-28-23(29)32-13-21(30)26-19-8-6-14(2)11-15(19)3/h5-9,11-12,16H,1,10,13H2,2-4H3,(H,26,30). The van der Waals surface area contributed by atoms with Crippen LogP contribution in [0.3, 0.4) is 0 Å². The van der Waals surface area contributed by atoms with Gasteiger partial charge < -0.3 is 10.1 Å². The maximum atomic E-state index is 12.5. The van der Waals surface area contributed by atoms with Crippen molar-refractivity contribution in [3.63, 3.8) is 0 Å². The van der Waals surface area contributed by atoms with E-state index in [-0.39, 0.29) is 11.7 Å². The van der Waals surface area contributed by atoms with Gasteiger partial charge in [0.05, 0.1) is 10.8 Å². The van der Waals surface area contributed by atoms with E-state index in [9.17, 15) is 4.79 Å². The normalized spacial score (nSPS) is 11.8. The lowest BCUT2D eigenvalue weighted by Gasteiger charge is -2.16. The summed E-state index contributed by atoms with van der Waals surface area (Å²) in [6, 6.07) is 10.9. The van der Waals surface area contributed by atoms with Crippen molar-refractivity contribution >= 4 is 46.6 Å². The Balaban J connectivity index is 1.69. The zero-order valence-electron chi connectivity index (χ0n) is 18.1. The minimum Gasteiger partial charge on any atom is -0.481 e. The number of amides is 1. The summed E-state index contributed by atoms with van der Waals surface area (Å²) in [5.74, 6) is 1.18. The number of nitrogens with zero attached hydrogens (tertiary/aromatic N) is 3. The molecule has 1 amide bonds. The van der Waals surface area contributed by atoms with E-state index in [1.807, 2.05) is 43.5 Å². The number of hydrogen-bond acceptors (Lipinski definition) is 5. The van der Waals surface area contributed by atoms with E-state index >= 15 is 0 Å². The molecule has 6 nitrogen and oxygen atoms in total. The number of halogens is 2. The van der Waals surface area contributed by atoms with Crippen molar-refractivity contribution in [3.8, 4) is 5.75 Å². The SMILES string of the molecule is C=CCn1c(SCC(=O)Nc2ccc(C)cc2C)nnc1C(C)Oc1ccc(Cl)cc1Cl. The first-order chi connectivity index (χ1) is 15.3. The van der Waals surface area contributed by atoms with Crippen LogP contribution in [0.1, 0.15) is 30.0 Å². The number of allylic oxidation sites excluding steroid dienone is 1. The highest BCUT2D eigenvalue weighted by Crippen LogP contribution is 2.32. The second kappa shape index (κ2) is 10.9. The van der Waals surface area contributed by atoms with Crippen molar-refractivity contribution in [2.75, 3.05) is 11.1 Å². The molecule has 3 aromatic rings. The van der Waals surface area contributed by atoms with Gasteiger partial charge in [-0.15, -0.1) is 16.8 Å². The van der Waals surface area contributed by atoms with E-state index in [1.165, 1.54) is 11.8 Å².